The normalized spacial score (nSPS) is 10.0. The molecule has 1 heterocycles. The molecule has 0 amide bonds. The Kier molecular flexibility index (Phi) is 2.22. The Hall–Kier alpha value is -0.370. The van der Waals surface area contributed by atoms with Crippen LogP contribution in [0.2, 0.25) is 0 Å². The van der Waals surface area contributed by atoms with Gasteiger partial charge in [0.15, 0.2) is 0 Å². The predicted molar refractivity (Wildman–Crippen MR) is 41.8 cm³/mol. The molecule has 2 heteroatoms. The first-order chi connectivity index (χ1) is 4.33. The minimum Gasteiger partial charge on any atom is -0.356 e. The first-order valence-corrected chi connectivity index (χ1v) is 4.06. The van der Waals surface area contributed by atoms with E-state index in [0.717, 1.165) is 5.75 Å². The van der Waals surface area contributed by atoms with Crippen molar-refractivity contribution < 1.29 is 0 Å². The van der Waals surface area contributed by atoms with E-state index < -0.39 is 0 Å². The summed E-state index contributed by atoms with van der Waals surface area (Å²) in [4.78, 5) is 1.36. The summed E-state index contributed by atoms with van der Waals surface area (Å²) in [5.74, 6) is 1.16. The SMILES string of the molecule is CCSc1ccn(C)c1. The minimum absolute atomic E-state index is 1.16. The summed E-state index contributed by atoms with van der Waals surface area (Å²) in [7, 11) is 2.04. The highest BCUT2D eigenvalue weighted by Crippen LogP contribution is 2.16. The van der Waals surface area contributed by atoms with Crippen LogP contribution in [0, 0.1) is 0 Å². The molecule has 0 N–H and O–H groups in total. The fraction of sp³-hybridized carbons (Fsp3) is 0.429. The van der Waals surface area contributed by atoms with Gasteiger partial charge < -0.3 is 4.57 Å². The van der Waals surface area contributed by atoms with E-state index in [-0.39, 0.29) is 0 Å². The number of rotatable bonds is 2. The van der Waals surface area contributed by atoms with E-state index in [1.807, 2.05) is 18.8 Å². The molecule has 0 radical (unpaired) electrons. The number of hydrogen-bond donors (Lipinski definition) is 0. The largest absolute Gasteiger partial charge is 0.356 e. The zero-order chi connectivity index (χ0) is 6.69. The maximum atomic E-state index is 2.16. The average molecular weight is 141 g/mol. The van der Waals surface area contributed by atoms with E-state index >= 15 is 0 Å². The molecule has 1 nitrogen and oxygen atoms in total. The molecule has 1 aromatic rings. The summed E-state index contributed by atoms with van der Waals surface area (Å²) in [6.07, 6.45) is 4.20. The van der Waals surface area contributed by atoms with Crippen LogP contribution in [-0.4, -0.2) is 10.3 Å². The Balaban J connectivity index is 2.61. The second kappa shape index (κ2) is 2.97. The minimum atomic E-state index is 1.16. The highest BCUT2D eigenvalue weighted by atomic mass is 32.2. The van der Waals surface area contributed by atoms with Gasteiger partial charge in [0.2, 0.25) is 0 Å². The van der Waals surface area contributed by atoms with E-state index in [1.165, 1.54) is 4.90 Å². The lowest BCUT2D eigenvalue weighted by Crippen LogP contribution is -1.76. The van der Waals surface area contributed by atoms with Crippen LogP contribution < -0.4 is 0 Å². The van der Waals surface area contributed by atoms with Crippen molar-refractivity contribution in [3.63, 3.8) is 0 Å². The zero-order valence-electron chi connectivity index (χ0n) is 5.79. The van der Waals surface area contributed by atoms with Gasteiger partial charge in [0.1, 0.15) is 0 Å². The van der Waals surface area contributed by atoms with Gasteiger partial charge in [-0.05, 0) is 11.8 Å². The molecule has 1 aromatic heterocycles. The Labute approximate surface area is 60.1 Å². The molecule has 0 saturated carbocycles. The van der Waals surface area contributed by atoms with Crippen LogP contribution >= 0.6 is 11.8 Å². The Morgan fingerprint density at radius 1 is 1.67 bits per heavy atom. The fourth-order valence-corrected chi connectivity index (χ4v) is 1.46. The molecule has 0 aliphatic rings. The third-order valence-electron chi connectivity index (χ3n) is 1.12. The van der Waals surface area contributed by atoms with Crippen molar-refractivity contribution in [1.82, 2.24) is 4.57 Å². The Bertz CT molecular complexity index is 181. The number of thioether (sulfide) groups is 1. The van der Waals surface area contributed by atoms with Gasteiger partial charge in [-0.15, -0.1) is 11.8 Å². The van der Waals surface area contributed by atoms with Crippen LogP contribution in [0.3, 0.4) is 0 Å². The van der Waals surface area contributed by atoms with Gasteiger partial charge in [-0.1, -0.05) is 6.92 Å². The monoisotopic (exact) mass is 141 g/mol. The Morgan fingerprint density at radius 2 is 2.44 bits per heavy atom. The predicted octanol–water partition coefficient (Wildman–Crippen LogP) is 2.14. The maximum Gasteiger partial charge on any atom is 0.0248 e. The van der Waals surface area contributed by atoms with Gasteiger partial charge in [0, 0.05) is 24.3 Å². The molecule has 0 spiro atoms. The molecule has 1 rings (SSSR count). The molecule has 9 heavy (non-hydrogen) atoms. The van der Waals surface area contributed by atoms with Gasteiger partial charge >= 0.3 is 0 Å². The van der Waals surface area contributed by atoms with Gasteiger partial charge in [-0.25, -0.2) is 0 Å². The van der Waals surface area contributed by atoms with Crippen LogP contribution in [0.5, 0.6) is 0 Å². The van der Waals surface area contributed by atoms with Gasteiger partial charge in [-0.2, -0.15) is 0 Å². The third-order valence-corrected chi connectivity index (χ3v) is 1.98. The summed E-state index contributed by atoms with van der Waals surface area (Å²) in [5, 5.41) is 0. The highest BCUT2D eigenvalue weighted by molar-refractivity contribution is 7.99. The highest BCUT2D eigenvalue weighted by Gasteiger charge is 1.90. The molecule has 0 atom stereocenters. The lowest BCUT2D eigenvalue weighted by Gasteiger charge is -1.88. The van der Waals surface area contributed by atoms with Crippen molar-refractivity contribution in [2.75, 3.05) is 5.75 Å². The number of nitrogens with zero attached hydrogens (tertiary/aromatic N) is 1. The van der Waals surface area contributed by atoms with E-state index in [9.17, 15) is 0 Å². The van der Waals surface area contributed by atoms with Crippen molar-refractivity contribution >= 4 is 11.8 Å². The van der Waals surface area contributed by atoms with Gasteiger partial charge in [-0.3, -0.25) is 0 Å². The lowest BCUT2D eigenvalue weighted by molar-refractivity contribution is 0.920. The van der Waals surface area contributed by atoms with Crippen LogP contribution in [-0.2, 0) is 7.05 Å². The third kappa shape index (κ3) is 1.79. The van der Waals surface area contributed by atoms with Crippen molar-refractivity contribution in [2.45, 2.75) is 11.8 Å². The van der Waals surface area contributed by atoms with E-state index in [1.54, 1.807) is 0 Å². The molecule has 0 saturated heterocycles. The molecule has 0 bridgehead atoms. The van der Waals surface area contributed by atoms with Crippen LogP contribution in [0.4, 0.5) is 0 Å². The topological polar surface area (TPSA) is 4.93 Å². The second-order valence-electron chi connectivity index (χ2n) is 1.95. The van der Waals surface area contributed by atoms with Crippen LogP contribution in [0.15, 0.2) is 23.4 Å². The summed E-state index contributed by atoms with van der Waals surface area (Å²) in [6.45, 7) is 2.16. The summed E-state index contributed by atoms with van der Waals surface area (Å²) in [5.41, 5.74) is 0. The quantitative estimate of drug-likeness (QED) is 0.571. The summed E-state index contributed by atoms with van der Waals surface area (Å²) < 4.78 is 2.07. The first kappa shape index (κ1) is 6.75. The number of aromatic nitrogens is 1. The molecule has 50 valence electrons. The molecular weight excluding hydrogens is 130 g/mol. The fourth-order valence-electron chi connectivity index (χ4n) is 0.730. The summed E-state index contributed by atoms with van der Waals surface area (Å²) >= 11 is 1.88. The van der Waals surface area contributed by atoms with Crippen LogP contribution in [0.25, 0.3) is 0 Å². The second-order valence-corrected chi connectivity index (χ2v) is 3.28. The van der Waals surface area contributed by atoms with Gasteiger partial charge in [0.05, 0.1) is 0 Å². The number of aryl methyl sites for hydroxylation is 1. The van der Waals surface area contributed by atoms with Crippen molar-refractivity contribution in [3.05, 3.63) is 18.5 Å². The van der Waals surface area contributed by atoms with E-state index in [2.05, 4.69) is 30.0 Å². The molecule has 0 aromatic carbocycles. The van der Waals surface area contributed by atoms with Crippen molar-refractivity contribution in [3.8, 4) is 0 Å². The summed E-state index contributed by atoms with van der Waals surface area (Å²) in [6, 6.07) is 2.13. The zero-order valence-corrected chi connectivity index (χ0v) is 6.61. The molecule has 0 fully saturated rings. The maximum absolute atomic E-state index is 2.16. The standard InChI is InChI=1S/C7H11NS/c1-3-9-7-4-5-8(2)6-7/h4-6H,3H2,1-2H3. The van der Waals surface area contributed by atoms with Gasteiger partial charge in [0.25, 0.3) is 0 Å². The molecular formula is C7H11NS. The molecule has 0 unspecified atom stereocenters. The first-order valence-electron chi connectivity index (χ1n) is 3.07. The van der Waals surface area contributed by atoms with E-state index in [0.29, 0.717) is 0 Å². The van der Waals surface area contributed by atoms with Crippen molar-refractivity contribution in [1.29, 1.82) is 0 Å². The van der Waals surface area contributed by atoms with Crippen LogP contribution in [0.1, 0.15) is 6.92 Å². The molecule has 0 aliphatic heterocycles. The lowest BCUT2D eigenvalue weighted by atomic mass is 10.7. The molecule has 0 aliphatic carbocycles. The smallest absolute Gasteiger partial charge is 0.0248 e. The Morgan fingerprint density at radius 3 is 2.89 bits per heavy atom. The average Bonchev–Trinajstić information content (AvgIpc) is 2.17. The number of hydrogen-bond acceptors (Lipinski definition) is 1. The van der Waals surface area contributed by atoms with E-state index in [4.69, 9.17) is 0 Å². The van der Waals surface area contributed by atoms with Crippen molar-refractivity contribution in [2.24, 2.45) is 7.05 Å².